The Morgan fingerprint density at radius 1 is 1.19 bits per heavy atom. The van der Waals surface area contributed by atoms with Crippen molar-refractivity contribution in [3.8, 4) is 0 Å². The number of aromatic nitrogens is 1. The minimum absolute atomic E-state index is 0.226. The van der Waals surface area contributed by atoms with Crippen LogP contribution in [0.5, 0.6) is 0 Å². The van der Waals surface area contributed by atoms with Gasteiger partial charge in [-0.25, -0.2) is 13.2 Å². The number of hydrogen-bond acceptors (Lipinski definition) is 4. The molecule has 1 aromatic carbocycles. The predicted molar refractivity (Wildman–Crippen MR) is 101 cm³/mol. The minimum atomic E-state index is -3.56. The molecule has 1 aliphatic carbocycles. The summed E-state index contributed by atoms with van der Waals surface area (Å²) in [6.45, 7) is 2.03. The summed E-state index contributed by atoms with van der Waals surface area (Å²) in [6.07, 6.45) is 9.60. The van der Waals surface area contributed by atoms with Gasteiger partial charge in [-0.1, -0.05) is 31.0 Å². The number of benzene rings is 1. The number of sulfone groups is 1. The smallest absolute Gasteiger partial charge is 0.340 e. The maximum Gasteiger partial charge on any atom is 0.340 e. The lowest BCUT2D eigenvalue weighted by atomic mass is 10.2. The van der Waals surface area contributed by atoms with Gasteiger partial charge in [-0.3, -0.25) is 0 Å². The first kappa shape index (κ1) is 18.5. The van der Waals surface area contributed by atoms with E-state index in [0.717, 1.165) is 18.2 Å². The molecule has 138 valence electrons. The van der Waals surface area contributed by atoms with Crippen molar-refractivity contribution < 1.29 is 17.9 Å². The number of hydrogen-bond donors (Lipinski definition) is 0. The highest BCUT2D eigenvalue weighted by Crippen LogP contribution is 2.31. The van der Waals surface area contributed by atoms with Crippen molar-refractivity contribution in [2.24, 2.45) is 0 Å². The molecule has 0 aliphatic heterocycles. The molecule has 1 saturated carbocycles. The zero-order valence-electron chi connectivity index (χ0n) is 14.8. The standard InChI is InChI=1S/C20H23NO4S/c1-2-25-20(22)19-15-21(17-8-6-7-9-17)14-16(19)12-13-26(23,24)18-10-4-3-5-11-18/h3-5,10-15,17H,2,6-9H2,1H3/b13-12+. The lowest BCUT2D eigenvalue weighted by Crippen LogP contribution is -2.06. The maximum absolute atomic E-state index is 12.5. The van der Waals surface area contributed by atoms with Crippen LogP contribution >= 0.6 is 0 Å². The summed E-state index contributed by atoms with van der Waals surface area (Å²) < 4.78 is 32.1. The zero-order valence-corrected chi connectivity index (χ0v) is 15.6. The van der Waals surface area contributed by atoms with E-state index in [-0.39, 0.29) is 11.5 Å². The average Bonchev–Trinajstić information content (AvgIpc) is 3.30. The molecule has 0 radical (unpaired) electrons. The molecule has 1 aliphatic rings. The Balaban J connectivity index is 1.93. The fourth-order valence-electron chi connectivity index (χ4n) is 3.27. The first-order chi connectivity index (χ1) is 12.5. The summed E-state index contributed by atoms with van der Waals surface area (Å²) in [4.78, 5) is 12.5. The van der Waals surface area contributed by atoms with E-state index < -0.39 is 15.8 Å². The van der Waals surface area contributed by atoms with Crippen LogP contribution in [0.4, 0.5) is 0 Å². The first-order valence-corrected chi connectivity index (χ1v) is 10.4. The van der Waals surface area contributed by atoms with Gasteiger partial charge in [0.25, 0.3) is 0 Å². The number of carbonyl (C=O) groups is 1. The summed E-state index contributed by atoms with van der Waals surface area (Å²) in [5, 5.41) is 1.15. The molecule has 3 rings (SSSR count). The van der Waals surface area contributed by atoms with Gasteiger partial charge in [-0.2, -0.15) is 0 Å². The fourth-order valence-corrected chi connectivity index (χ4v) is 4.29. The molecule has 0 amide bonds. The van der Waals surface area contributed by atoms with Crippen molar-refractivity contribution in [1.82, 2.24) is 4.57 Å². The molecule has 26 heavy (non-hydrogen) atoms. The lowest BCUT2D eigenvalue weighted by molar-refractivity contribution is 0.0526. The van der Waals surface area contributed by atoms with Gasteiger partial charge in [-0.05, 0) is 38.0 Å². The highest BCUT2D eigenvalue weighted by molar-refractivity contribution is 7.94. The molecule has 1 aromatic heterocycles. The molecule has 0 bridgehead atoms. The molecular weight excluding hydrogens is 350 g/mol. The van der Waals surface area contributed by atoms with Crippen molar-refractivity contribution in [2.45, 2.75) is 43.5 Å². The number of nitrogens with zero attached hydrogens (tertiary/aromatic N) is 1. The zero-order chi connectivity index (χ0) is 18.6. The third-order valence-corrected chi connectivity index (χ3v) is 6.04. The van der Waals surface area contributed by atoms with Crippen LogP contribution in [0.1, 0.15) is 54.6 Å². The van der Waals surface area contributed by atoms with Gasteiger partial charge in [0.2, 0.25) is 0 Å². The molecule has 1 heterocycles. The average molecular weight is 373 g/mol. The summed E-state index contributed by atoms with van der Waals surface area (Å²) in [5.74, 6) is -0.430. The van der Waals surface area contributed by atoms with Crippen LogP contribution in [0, 0.1) is 0 Å². The Labute approximate surface area is 154 Å². The van der Waals surface area contributed by atoms with Gasteiger partial charge in [0.05, 0.1) is 17.1 Å². The topological polar surface area (TPSA) is 65.4 Å². The summed E-state index contributed by atoms with van der Waals surface area (Å²) in [7, 11) is -3.56. The molecule has 0 atom stereocenters. The van der Waals surface area contributed by atoms with Crippen LogP contribution in [-0.2, 0) is 14.6 Å². The molecule has 2 aromatic rings. The number of ether oxygens (including phenoxy) is 1. The molecule has 0 N–H and O–H groups in total. The second kappa shape index (κ2) is 7.91. The summed E-state index contributed by atoms with van der Waals surface area (Å²) in [5.41, 5.74) is 0.966. The SMILES string of the molecule is CCOC(=O)c1cn(C2CCCC2)cc1/C=C/S(=O)(=O)c1ccccc1. The van der Waals surface area contributed by atoms with Gasteiger partial charge >= 0.3 is 5.97 Å². The van der Waals surface area contributed by atoms with Gasteiger partial charge in [0, 0.05) is 29.4 Å². The monoisotopic (exact) mass is 373 g/mol. The number of carbonyl (C=O) groups excluding carboxylic acids is 1. The van der Waals surface area contributed by atoms with Gasteiger partial charge in [-0.15, -0.1) is 0 Å². The van der Waals surface area contributed by atoms with E-state index in [1.54, 1.807) is 43.5 Å². The van der Waals surface area contributed by atoms with E-state index in [9.17, 15) is 13.2 Å². The van der Waals surface area contributed by atoms with Crippen molar-refractivity contribution in [3.05, 3.63) is 59.3 Å². The highest BCUT2D eigenvalue weighted by Gasteiger charge is 2.21. The minimum Gasteiger partial charge on any atom is -0.462 e. The lowest BCUT2D eigenvalue weighted by Gasteiger charge is -2.10. The third-order valence-electron chi connectivity index (χ3n) is 4.62. The molecule has 1 fully saturated rings. The number of rotatable bonds is 6. The van der Waals surface area contributed by atoms with Crippen LogP contribution in [0.3, 0.4) is 0 Å². The van der Waals surface area contributed by atoms with Crippen LogP contribution in [-0.4, -0.2) is 25.6 Å². The van der Waals surface area contributed by atoms with Gasteiger partial charge in [0.1, 0.15) is 0 Å². The van der Waals surface area contributed by atoms with E-state index in [2.05, 4.69) is 0 Å². The van der Waals surface area contributed by atoms with E-state index >= 15 is 0 Å². The predicted octanol–water partition coefficient (Wildman–Crippen LogP) is 4.22. The van der Waals surface area contributed by atoms with Gasteiger partial charge in [0.15, 0.2) is 9.84 Å². The highest BCUT2D eigenvalue weighted by atomic mass is 32.2. The Kier molecular flexibility index (Phi) is 5.61. The normalized spacial score (nSPS) is 15.6. The second-order valence-electron chi connectivity index (χ2n) is 6.39. The summed E-state index contributed by atoms with van der Waals surface area (Å²) >= 11 is 0. The molecule has 5 nitrogen and oxygen atoms in total. The van der Waals surface area contributed by atoms with Crippen LogP contribution in [0.15, 0.2) is 53.0 Å². The van der Waals surface area contributed by atoms with E-state index in [0.29, 0.717) is 17.2 Å². The maximum atomic E-state index is 12.5. The van der Waals surface area contributed by atoms with Crippen molar-refractivity contribution in [1.29, 1.82) is 0 Å². The van der Waals surface area contributed by atoms with Crippen molar-refractivity contribution in [2.75, 3.05) is 6.61 Å². The van der Waals surface area contributed by atoms with Crippen LogP contribution in [0.25, 0.3) is 6.08 Å². The summed E-state index contributed by atoms with van der Waals surface area (Å²) in [6, 6.07) is 8.59. The number of esters is 1. The Morgan fingerprint density at radius 3 is 2.54 bits per heavy atom. The molecule has 0 saturated heterocycles. The molecule has 0 unspecified atom stereocenters. The molecular formula is C20H23NO4S. The van der Waals surface area contributed by atoms with Crippen LogP contribution in [0.2, 0.25) is 0 Å². The quantitative estimate of drug-likeness (QED) is 0.711. The Bertz CT molecular complexity index is 891. The third kappa shape index (κ3) is 4.07. The van der Waals surface area contributed by atoms with E-state index in [1.165, 1.54) is 18.9 Å². The largest absolute Gasteiger partial charge is 0.462 e. The van der Waals surface area contributed by atoms with E-state index in [4.69, 9.17) is 4.74 Å². The van der Waals surface area contributed by atoms with Gasteiger partial charge < -0.3 is 9.30 Å². The Hall–Kier alpha value is -2.34. The first-order valence-electron chi connectivity index (χ1n) is 8.88. The molecule has 6 heteroatoms. The van der Waals surface area contributed by atoms with Crippen molar-refractivity contribution >= 4 is 21.9 Å². The van der Waals surface area contributed by atoms with E-state index in [1.807, 2.05) is 10.8 Å². The van der Waals surface area contributed by atoms with Crippen LogP contribution < -0.4 is 0 Å². The fraction of sp³-hybridized carbons (Fsp3) is 0.350. The molecule has 0 spiro atoms. The van der Waals surface area contributed by atoms with Crippen molar-refractivity contribution in [3.63, 3.8) is 0 Å². The Morgan fingerprint density at radius 2 is 1.88 bits per heavy atom. The second-order valence-corrected chi connectivity index (χ2v) is 8.23.